The van der Waals surface area contributed by atoms with E-state index in [4.69, 9.17) is 9.47 Å². The third-order valence-corrected chi connectivity index (χ3v) is 3.57. The Morgan fingerprint density at radius 3 is 2.82 bits per heavy atom. The average Bonchev–Trinajstić information content (AvgIpc) is 2.80. The fraction of sp³-hybridized carbons (Fsp3) is 0.500. The van der Waals surface area contributed by atoms with Crippen LogP contribution >= 0.6 is 0 Å². The number of carbonyl (C=O) groups is 2. The second-order valence-electron chi connectivity index (χ2n) is 5.32. The SMILES string of the molecule is CCOCC(=O)Nc1ccc(O[C@H]2CCN(C)C2=O)cc1C. The van der Waals surface area contributed by atoms with Crippen LogP contribution < -0.4 is 10.1 Å². The van der Waals surface area contributed by atoms with Crippen molar-refractivity contribution < 1.29 is 19.1 Å². The smallest absolute Gasteiger partial charge is 0.263 e. The standard InChI is InChI=1S/C16H22N2O4/c1-4-21-10-15(19)17-13-6-5-12(9-11(13)2)22-14-7-8-18(3)16(14)20/h5-6,9,14H,4,7-8,10H2,1-3H3,(H,17,19)/t14-/m0/s1. The van der Waals surface area contributed by atoms with E-state index in [1.165, 1.54) is 0 Å². The third kappa shape index (κ3) is 3.98. The second kappa shape index (κ2) is 7.26. The van der Waals surface area contributed by atoms with E-state index in [0.29, 0.717) is 31.0 Å². The van der Waals surface area contributed by atoms with Crippen LogP contribution in [0.3, 0.4) is 0 Å². The molecule has 0 spiro atoms. The van der Waals surface area contributed by atoms with Gasteiger partial charge in [0.2, 0.25) is 5.91 Å². The molecule has 2 rings (SSSR count). The van der Waals surface area contributed by atoms with E-state index in [-0.39, 0.29) is 18.4 Å². The van der Waals surface area contributed by atoms with Gasteiger partial charge in [0, 0.05) is 32.3 Å². The molecule has 1 saturated heterocycles. The van der Waals surface area contributed by atoms with Crippen LogP contribution in [0.25, 0.3) is 0 Å². The molecule has 0 bridgehead atoms. The zero-order valence-corrected chi connectivity index (χ0v) is 13.2. The van der Waals surface area contributed by atoms with Crippen LogP contribution in [0, 0.1) is 6.92 Å². The minimum absolute atomic E-state index is 0.00625. The molecule has 0 radical (unpaired) electrons. The molecule has 0 unspecified atom stereocenters. The van der Waals surface area contributed by atoms with Gasteiger partial charge >= 0.3 is 0 Å². The van der Waals surface area contributed by atoms with Crippen LogP contribution in [0.5, 0.6) is 5.75 Å². The van der Waals surface area contributed by atoms with Gasteiger partial charge < -0.3 is 19.7 Å². The summed E-state index contributed by atoms with van der Waals surface area (Å²) in [5.74, 6) is 0.451. The van der Waals surface area contributed by atoms with Gasteiger partial charge in [-0.1, -0.05) is 0 Å². The number of nitrogens with one attached hydrogen (secondary N) is 1. The Balaban J connectivity index is 1.97. The van der Waals surface area contributed by atoms with Crippen molar-refractivity contribution in [1.82, 2.24) is 4.90 Å². The van der Waals surface area contributed by atoms with E-state index >= 15 is 0 Å². The van der Waals surface area contributed by atoms with Gasteiger partial charge in [0.1, 0.15) is 12.4 Å². The molecular formula is C16H22N2O4. The Bertz CT molecular complexity index is 559. The van der Waals surface area contributed by atoms with Crippen LogP contribution in [0.1, 0.15) is 18.9 Å². The maximum Gasteiger partial charge on any atom is 0.263 e. The minimum atomic E-state index is -0.414. The van der Waals surface area contributed by atoms with Crippen molar-refractivity contribution in [3.63, 3.8) is 0 Å². The van der Waals surface area contributed by atoms with Crippen LogP contribution in [-0.4, -0.2) is 49.6 Å². The first kappa shape index (κ1) is 16.3. The van der Waals surface area contributed by atoms with Crippen LogP contribution in [0.15, 0.2) is 18.2 Å². The first-order valence-electron chi connectivity index (χ1n) is 7.41. The summed E-state index contributed by atoms with van der Waals surface area (Å²) in [7, 11) is 1.77. The molecule has 2 amide bonds. The molecular weight excluding hydrogens is 284 g/mol. The molecule has 22 heavy (non-hydrogen) atoms. The summed E-state index contributed by atoms with van der Waals surface area (Å²) in [6.45, 7) is 4.98. The predicted octanol–water partition coefficient (Wildman–Crippen LogP) is 1.58. The Labute approximate surface area is 130 Å². The summed E-state index contributed by atoms with van der Waals surface area (Å²) >= 11 is 0. The lowest BCUT2D eigenvalue weighted by atomic mass is 10.2. The van der Waals surface area contributed by atoms with Crippen molar-refractivity contribution in [3.8, 4) is 5.75 Å². The number of nitrogens with zero attached hydrogens (tertiary/aromatic N) is 1. The minimum Gasteiger partial charge on any atom is -0.481 e. The number of hydrogen-bond acceptors (Lipinski definition) is 4. The highest BCUT2D eigenvalue weighted by Gasteiger charge is 2.30. The topological polar surface area (TPSA) is 67.9 Å². The average molecular weight is 306 g/mol. The van der Waals surface area contributed by atoms with Gasteiger partial charge in [0.15, 0.2) is 6.10 Å². The van der Waals surface area contributed by atoms with E-state index in [0.717, 1.165) is 5.56 Å². The molecule has 1 heterocycles. The molecule has 0 saturated carbocycles. The van der Waals surface area contributed by atoms with Gasteiger partial charge in [-0.3, -0.25) is 9.59 Å². The summed E-state index contributed by atoms with van der Waals surface area (Å²) in [4.78, 5) is 25.2. The zero-order valence-electron chi connectivity index (χ0n) is 13.2. The highest BCUT2D eigenvalue weighted by atomic mass is 16.5. The van der Waals surface area contributed by atoms with Gasteiger partial charge in [-0.2, -0.15) is 0 Å². The third-order valence-electron chi connectivity index (χ3n) is 3.57. The van der Waals surface area contributed by atoms with Crippen molar-refractivity contribution in [2.24, 2.45) is 0 Å². The summed E-state index contributed by atoms with van der Waals surface area (Å²) in [5, 5.41) is 2.79. The molecule has 1 aromatic carbocycles. The van der Waals surface area contributed by atoms with Gasteiger partial charge in [-0.25, -0.2) is 0 Å². The first-order chi connectivity index (χ1) is 10.5. The lowest BCUT2D eigenvalue weighted by Crippen LogP contribution is -2.29. The summed E-state index contributed by atoms with van der Waals surface area (Å²) in [6, 6.07) is 5.36. The van der Waals surface area contributed by atoms with E-state index in [9.17, 15) is 9.59 Å². The molecule has 120 valence electrons. The van der Waals surface area contributed by atoms with Crippen LogP contribution in [0.2, 0.25) is 0 Å². The number of likely N-dealkylation sites (N-methyl/N-ethyl adjacent to an activating group) is 1. The van der Waals surface area contributed by atoms with Gasteiger partial charge in [-0.05, 0) is 37.6 Å². The van der Waals surface area contributed by atoms with E-state index < -0.39 is 6.10 Å². The molecule has 1 atom stereocenters. The van der Waals surface area contributed by atoms with Crippen LogP contribution in [-0.2, 0) is 14.3 Å². The largest absolute Gasteiger partial charge is 0.481 e. The van der Waals surface area contributed by atoms with Crippen LogP contribution in [0.4, 0.5) is 5.69 Å². The monoisotopic (exact) mass is 306 g/mol. The van der Waals surface area contributed by atoms with Crippen molar-refractivity contribution >= 4 is 17.5 Å². The Morgan fingerprint density at radius 2 is 2.23 bits per heavy atom. The summed E-state index contributed by atoms with van der Waals surface area (Å²) in [5.41, 5.74) is 1.59. The fourth-order valence-corrected chi connectivity index (χ4v) is 2.29. The van der Waals surface area contributed by atoms with E-state index in [1.54, 1.807) is 24.1 Å². The molecule has 1 fully saturated rings. The predicted molar refractivity (Wildman–Crippen MR) is 83.0 cm³/mol. The van der Waals surface area contributed by atoms with Gasteiger partial charge in [-0.15, -0.1) is 0 Å². The molecule has 6 nitrogen and oxygen atoms in total. The Kier molecular flexibility index (Phi) is 5.38. The maximum absolute atomic E-state index is 11.8. The molecule has 0 aromatic heterocycles. The zero-order chi connectivity index (χ0) is 16.1. The fourth-order valence-electron chi connectivity index (χ4n) is 2.29. The molecule has 1 N–H and O–H groups in total. The molecule has 6 heteroatoms. The van der Waals surface area contributed by atoms with Crippen molar-refractivity contribution in [3.05, 3.63) is 23.8 Å². The normalized spacial score (nSPS) is 17.7. The van der Waals surface area contributed by atoms with E-state index in [1.807, 2.05) is 19.9 Å². The van der Waals surface area contributed by atoms with Crippen molar-refractivity contribution in [2.45, 2.75) is 26.4 Å². The lowest BCUT2D eigenvalue weighted by Gasteiger charge is -2.15. The Morgan fingerprint density at radius 1 is 1.45 bits per heavy atom. The Hall–Kier alpha value is -2.08. The summed E-state index contributed by atoms with van der Waals surface area (Å²) < 4.78 is 10.8. The van der Waals surface area contributed by atoms with Crippen molar-refractivity contribution in [2.75, 3.05) is 32.1 Å². The summed E-state index contributed by atoms with van der Waals surface area (Å²) in [6.07, 6.45) is 0.282. The first-order valence-corrected chi connectivity index (χ1v) is 7.41. The lowest BCUT2D eigenvalue weighted by molar-refractivity contribution is -0.132. The quantitative estimate of drug-likeness (QED) is 0.866. The number of anilines is 1. The molecule has 1 aliphatic rings. The van der Waals surface area contributed by atoms with E-state index in [2.05, 4.69) is 5.32 Å². The number of aryl methyl sites for hydroxylation is 1. The van der Waals surface area contributed by atoms with Gasteiger partial charge in [0.25, 0.3) is 5.91 Å². The number of carbonyl (C=O) groups excluding carboxylic acids is 2. The molecule has 1 aliphatic heterocycles. The number of rotatable bonds is 6. The molecule has 1 aromatic rings. The second-order valence-corrected chi connectivity index (χ2v) is 5.32. The highest BCUT2D eigenvalue weighted by molar-refractivity contribution is 5.92. The number of amides is 2. The number of ether oxygens (including phenoxy) is 2. The maximum atomic E-state index is 11.8. The van der Waals surface area contributed by atoms with Gasteiger partial charge in [0.05, 0.1) is 0 Å². The number of benzene rings is 1. The number of hydrogen-bond donors (Lipinski definition) is 1. The molecule has 0 aliphatic carbocycles. The highest BCUT2D eigenvalue weighted by Crippen LogP contribution is 2.24. The van der Waals surface area contributed by atoms with Crippen molar-refractivity contribution in [1.29, 1.82) is 0 Å². The number of likely N-dealkylation sites (tertiary alicyclic amines) is 1.